The van der Waals surface area contributed by atoms with Gasteiger partial charge in [0.15, 0.2) is 17.3 Å². The van der Waals surface area contributed by atoms with E-state index in [4.69, 9.17) is 13.9 Å². The SMILES string of the molecule is Cc1ccc2oc(C(=O)Nc3ccc4c(c3)OCCO4)c(C)c2c1. The highest BCUT2D eigenvalue weighted by atomic mass is 16.6. The van der Waals surface area contributed by atoms with Gasteiger partial charge in [-0.05, 0) is 38.1 Å². The molecule has 5 nitrogen and oxygen atoms in total. The van der Waals surface area contributed by atoms with Gasteiger partial charge in [0.05, 0.1) is 0 Å². The fourth-order valence-corrected chi connectivity index (χ4v) is 2.86. The molecule has 0 unspecified atom stereocenters. The van der Waals surface area contributed by atoms with Crippen LogP contribution < -0.4 is 14.8 Å². The highest BCUT2D eigenvalue weighted by Crippen LogP contribution is 2.33. The fraction of sp³-hybridized carbons (Fsp3) is 0.211. The third-order valence-electron chi connectivity index (χ3n) is 4.10. The highest BCUT2D eigenvalue weighted by Gasteiger charge is 2.19. The minimum absolute atomic E-state index is 0.280. The lowest BCUT2D eigenvalue weighted by Crippen LogP contribution is -2.16. The molecule has 1 N–H and O–H groups in total. The fourth-order valence-electron chi connectivity index (χ4n) is 2.86. The first-order valence-electron chi connectivity index (χ1n) is 7.82. The maximum absolute atomic E-state index is 12.6. The zero-order valence-electron chi connectivity index (χ0n) is 13.5. The highest BCUT2D eigenvalue weighted by molar-refractivity contribution is 6.06. The number of aryl methyl sites for hydroxylation is 2. The van der Waals surface area contributed by atoms with Gasteiger partial charge in [-0.25, -0.2) is 0 Å². The van der Waals surface area contributed by atoms with E-state index in [2.05, 4.69) is 5.32 Å². The molecule has 0 saturated heterocycles. The van der Waals surface area contributed by atoms with E-state index in [1.54, 1.807) is 18.2 Å². The maximum Gasteiger partial charge on any atom is 0.291 e. The van der Waals surface area contributed by atoms with Crippen LogP contribution in [-0.4, -0.2) is 19.1 Å². The van der Waals surface area contributed by atoms with Crippen LogP contribution >= 0.6 is 0 Å². The van der Waals surface area contributed by atoms with Crippen LogP contribution in [0.3, 0.4) is 0 Å². The van der Waals surface area contributed by atoms with E-state index in [-0.39, 0.29) is 5.91 Å². The molecular formula is C19H17NO4. The molecule has 2 aromatic carbocycles. The number of anilines is 1. The monoisotopic (exact) mass is 323 g/mol. The normalized spacial score (nSPS) is 13.1. The predicted molar refractivity (Wildman–Crippen MR) is 91.1 cm³/mol. The summed E-state index contributed by atoms with van der Waals surface area (Å²) in [4.78, 5) is 12.6. The Morgan fingerprint density at radius 3 is 2.62 bits per heavy atom. The molecule has 0 fully saturated rings. The number of hydrogen-bond donors (Lipinski definition) is 1. The summed E-state index contributed by atoms with van der Waals surface area (Å²) in [5.74, 6) is 1.37. The Hall–Kier alpha value is -2.95. The van der Waals surface area contributed by atoms with E-state index in [0.717, 1.165) is 16.5 Å². The van der Waals surface area contributed by atoms with Gasteiger partial charge in [0.25, 0.3) is 5.91 Å². The number of carbonyl (C=O) groups excluding carboxylic acids is 1. The van der Waals surface area contributed by atoms with Crippen molar-refractivity contribution in [1.29, 1.82) is 0 Å². The van der Waals surface area contributed by atoms with Crippen molar-refractivity contribution in [3.63, 3.8) is 0 Å². The predicted octanol–water partition coefficient (Wildman–Crippen LogP) is 4.07. The smallest absolute Gasteiger partial charge is 0.291 e. The number of carbonyl (C=O) groups is 1. The van der Waals surface area contributed by atoms with Gasteiger partial charge >= 0.3 is 0 Å². The molecule has 0 atom stereocenters. The van der Waals surface area contributed by atoms with Crippen LogP contribution in [0.5, 0.6) is 11.5 Å². The molecule has 1 amide bonds. The summed E-state index contributed by atoms with van der Waals surface area (Å²) in [6, 6.07) is 11.2. The van der Waals surface area contributed by atoms with E-state index in [1.807, 2.05) is 32.0 Å². The Morgan fingerprint density at radius 1 is 1.00 bits per heavy atom. The molecular weight excluding hydrogens is 306 g/mol. The van der Waals surface area contributed by atoms with Crippen LogP contribution in [0.25, 0.3) is 11.0 Å². The second kappa shape index (κ2) is 5.60. The van der Waals surface area contributed by atoms with Crippen LogP contribution in [0, 0.1) is 13.8 Å². The Kier molecular flexibility index (Phi) is 3.41. The number of benzene rings is 2. The van der Waals surface area contributed by atoms with Gasteiger partial charge in [-0.2, -0.15) is 0 Å². The second-order valence-corrected chi connectivity index (χ2v) is 5.87. The minimum Gasteiger partial charge on any atom is -0.486 e. The lowest BCUT2D eigenvalue weighted by molar-refractivity contribution is 0.0998. The van der Waals surface area contributed by atoms with E-state index >= 15 is 0 Å². The number of hydrogen-bond acceptors (Lipinski definition) is 4. The number of fused-ring (bicyclic) bond motifs is 2. The molecule has 0 bridgehead atoms. The van der Waals surface area contributed by atoms with Gasteiger partial charge in [-0.1, -0.05) is 11.6 Å². The van der Waals surface area contributed by atoms with Gasteiger partial charge in [0, 0.05) is 22.7 Å². The third-order valence-corrected chi connectivity index (χ3v) is 4.10. The average Bonchev–Trinajstić information content (AvgIpc) is 2.91. The summed E-state index contributed by atoms with van der Waals surface area (Å²) in [7, 11) is 0. The van der Waals surface area contributed by atoms with Crippen LogP contribution in [0.1, 0.15) is 21.7 Å². The van der Waals surface area contributed by atoms with Gasteiger partial charge < -0.3 is 19.2 Å². The number of rotatable bonds is 2. The zero-order valence-corrected chi connectivity index (χ0v) is 13.5. The van der Waals surface area contributed by atoms with Crippen molar-refractivity contribution in [3.05, 3.63) is 53.3 Å². The Morgan fingerprint density at radius 2 is 1.79 bits per heavy atom. The Labute approximate surface area is 139 Å². The summed E-state index contributed by atoms with van der Waals surface area (Å²) >= 11 is 0. The summed E-state index contributed by atoms with van der Waals surface area (Å²) < 4.78 is 16.8. The molecule has 0 spiro atoms. The van der Waals surface area contributed by atoms with Gasteiger partial charge in [-0.3, -0.25) is 4.79 Å². The number of amides is 1. The first-order chi connectivity index (χ1) is 11.6. The maximum atomic E-state index is 12.6. The third kappa shape index (κ3) is 2.48. The standard InChI is InChI=1S/C19H17NO4/c1-11-3-5-15-14(9-11)12(2)18(24-15)19(21)20-13-4-6-16-17(10-13)23-8-7-22-16/h3-6,9-10H,7-8H2,1-2H3,(H,20,21). The van der Waals surface area contributed by atoms with Crippen molar-refractivity contribution in [2.75, 3.05) is 18.5 Å². The molecule has 2 heterocycles. The lowest BCUT2D eigenvalue weighted by Gasteiger charge is -2.18. The second-order valence-electron chi connectivity index (χ2n) is 5.87. The van der Waals surface area contributed by atoms with E-state index in [1.165, 1.54) is 0 Å². The Balaban J connectivity index is 1.63. The molecule has 24 heavy (non-hydrogen) atoms. The molecule has 0 radical (unpaired) electrons. The lowest BCUT2D eigenvalue weighted by atomic mass is 10.1. The van der Waals surface area contributed by atoms with Crippen molar-refractivity contribution in [2.24, 2.45) is 0 Å². The molecule has 0 saturated carbocycles. The molecule has 122 valence electrons. The number of nitrogens with one attached hydrogen (secondary N) is 1. The topological polar surface area (TPSA) is 60.7 Å². The number of furan rings is 1. The van der Waals surface area contributed by atoms with Gasteiger partial charge in [0.2, 0.25) is 0 Å². The molecule has 1 aromatic heterocycles. The summed E-state index contributed by atoms with van der Waals surface area (Å²) in [6.45, 7) is 4.95. The van der Waals surface area contributed by atoms with E-state index in [9.17, 15) is 4.79 Å². The number of ether oxygens (including phenoxy) is 2. The van der Waals surface area contributed by atoms with Crippen molar-refractivity contribution in [2.45, 2.75) is 13.8 Å². The first-order valence-corrected chi connectivity index (χ1v) is 7.82. The molecule has 1 aliphatic heterocycles. The molecule has 5 heteroatoms. The van der Waals surface area contributed by atoms with Crippen LogP contribution in [0.2, 0.25) is 0 Å². The largest absolute Gasteiger partial charge is 0.486 e. The molecule has 1 aliphatic rings. The van der Waals surface area contributed by atoms with Gasteiger partial charge in [0.1, 0.15) is 18.8 Å². The van der Waals surface area contributed by atoms with Crippen LogP contribution in [0.15, 0.2) is 40.8 Å². The van der Waals surface area contributed by atoms with Crippen molar-refractivity contribution >= 4 is 22.6 Å². The summed E-state index contributed by atoms with van der Waals surface area (Å²) in [5, 5.41) is 3.82. The first kappa shape index (κ1) is 14.6. The zero-order chi connectivity index (χ0) is 16.7. The van der Waals surface area contributed by atoms with Gasteiger partial charge in [-0.15, -0.1) is 0 Å². The molecule has 0 aliphatic carbocycles. The summed E-state index contributed by atoms with van der Waals surface area (Å²) in [6.07, 6.45) is 0. The average molecular weight is 323 g/mol. The van der Waals surface area contributed by atoms with Crippen molar-refractivity contribution < 1.29 is 18.7 Å². The Bertz CT molecular complexity index is 942. The van der Waals surface area contributed by atoms with Crippen molar-refractivity contribution in [1.82, 2.24) is 0 Å². The van der Waals surface area contributed by atoms with Crippen molar-refractivity contribution in [3.8, 4) is 11.5 Å². The molecule has 4 rings (SSSR count). The minimum atomic E-state index is -0.280. The van der Waals surface area contributed by atoms with Crippen LogP contribution in [0.4, 0.5) is 5.69 Å². The van der Waals surface area contributed by atoms with Crippen LogP contribution in [-0.2, 0) is 0 Å². The summed E-state index contributed by atoms with van der Waals surface area (Å²) in [5.41, 5.74) is 3.32. The quantitative estimate of drug-likeness (QED) is 0.772. The molecule has 3 aromatic rings. The van der Waals surface area contributed by atoms with E-state index in [0.29, 0.717) is 41.7 Å². The van der Waals surface area contributed by atoms with E-state index < -0.39 is 0 Å².